The molecule has 2 aromatic rings. The van der Waals surface area contributed by atoms with E-state index >= 15 is 0 Å². The molecule has 2 N–H and O–H groups in total. The van der Waals surface area contributed by atoms with E-state index in [1.165, 1.54) is 12.1 Å². The first-order chi connectivity index (χ1) is 12.2. The maximum Gasteiger partial charge on any atom is 0.319 e. The summed E-state index contributed by atoms with van der Waals surface area (Å²) in [4.78, 5) is 12.0. The minimum Gasteiger partial charge on any atom is -0.338 e. The molecule has 0 bridgehead atoms. The van der Waals surface area contributed by atoms with Gasteiger partial charge in [-0.05, 0) is 62.6 Å². The van der Waals surface area contributed by atoms with E-state index < -0.39 is 10.8 Å². The van der Waals surface area contributed by atoms with Crippen molar-refractivity contribution in [2.24, 2.45) is 0 Å². The molecule has 26 heavy (non-hydrogen) atoms. The Morgan fingerprint density at radius 2 is 1.77 bits per heavy atom. The van der Waals surface area contributed by atoms with E-state index in [0.717, 1.165) is 11.1 Å². The second-order valence-electron chi connectivity index (χ2n) is 7.06. The van der Waals surface area contributed by atoms with Crippen molar-refractivity contribution < 1.29 is 13.4 Å². The predicted octanol–water partition coefficient (Wildman–Crippen LogP) is 4.24. The van der Waals surface area contributed by atoms with Gasteiger partial charge in [-0.25, -0.2) is 9.18 Å². The van der Waals surface area contributed by atoms with Crippen molar-refractivity contribution in [3.63, 3.8) is 0 Å². The second-order valence-corrected chi connectivity index (χ2v) is 9.26. The molecular weight excluding hydrogens is 351 g/mol. The minimum atomic E-state index is -0.992. The van der Waals surface area contributed by atoms with Gasteiger partial charge >= 0.3 is 6.03 Å². The van der Waals surface area contributed by atoms with Crippen molar-refractivity contribution in [1.29, 1.82) is 0 Å². The monoisotopic (exact) mass is 376 g/mol. The molecule has 0 aliphatic heterocycles. The number of benzene rings is 2. The molecule has 0 aliphatic rings. The zero-order valence-electron chi connectivity index (χ0n) is 15.3. The van der Waals surface area contributed by atoms with E-state index in [4.69, 9.17) is 0 Å². The molecule has 0 saturated heterocycles. The van der Waals surface area contributed by atoms with Gasteiger partial charge in [0.25, 0.3) is 0 Å². The van der Waals surface area contributed by atoms with Crippen LogP contribution < -0.4 is 10.6 Å². The Kier molecular flexibility index (Phi) is 6.91. The lowest BCUT2D eigenvalue weighted by atomic mass is 10.1. The SMILES string of the molecule is CC(C)(C)S(=O)Cc1cccc(NC(=O)NCCc2ccc(F)cc2)c1. The van der Waals surface area contributed by atoms with Gasteiger partial charge in [0.1, 0.15) is 5.82 Å². The summed E-state index contributed by atoms with van der Waals surface area (Å²) in [7, 11) is -0.992. The van der Waals surface area contributed by atoms with Gasteiger partial charge in [0.15, 0.2) is 0 Å². The van der Waals surface area contributed by atoms with E-state index in [1.807, 2.05) is 39.0 Å². The van der Waals surface area contributed by atoms with Crippen LogP contribution in [0, 0.1) is 5.82 Å². The van der Waals surface area contributed by atoms with Crippen molar-refractivity contribution in [2.45, 2.75) is 37.7 Å². The highest BCUT2D eigenvalue weighted by Gasteiger charge is 2.19. The van der Waals surface area contributed by atoms with Crippen molar-refractivity contribution in [3.8, 4) is 0 Å². The number of urea groups is 1. The maximum atomic E-state index is 12.9. The predicted molar refractivity (Wildman–Crippen MR) is 105 cm³/mol. The van der Waals surface area contributed by atoms with Gasteiger partial charge < -0.3 is 10.6 Å². The molecule has 0 radical (unpaired) electrons. The molecule has 0 spiro atoms. The smallest absolute Gasteiger partial charge is 0.319 e. The number of amides is 2. The number of hydrogen-bond acceptors (Lipinski definition) is 2. The second kappa shape index (κ2) is 8.94. The third-order valence-electron chi connectivity index (χ3n) is 3.78. The zero-order chi connectivity index (χ0) is 19.2. The number of nitrogens with one attached hydrogen (secondary N) is 2. The number of hydrogen-bond donors (Lipinski definition) is 2. The van der Waals surface area contributed by atoms with Gasteiger partial charge in [-0.15, -0.1) is 0 Å². The van der Waals surface area contributed by atoms with Crippen LogP contribution in [-0.4, -0.2) is 21.5 Å². The minimum absolute atomic E-state index is 0.272. The maximum absolute atomic E-state index is 12.9. The van der Waals surface area contributed by atoms with E-state index in [-0.39, 0.29) is 16.6 Å². The van der Waals surface area contributed by atoms with Crippen LogP contribution >= 0.6 is 0 Å². The topological polar surface area (TPSA) is 58.2 Å². The summed E-state index contributed by atoms with van der Waals surface area (Å²) < 4.78 is 24.8. The Balaban J connectivity index is 1.84. The van der Waals surface area contributed by atoms with Crippen LogP contribution in [0.1, 0.15) is 31.9 Å². The van der Waals surface area contributed by atoms with Crippen LogP contribution in [0.4, 0.5) is 14.9 Å². The van der Waals surface area contributed by atoms with Gasteiger partial charge in [0, 0.05) is 33.5 Å². The first-order valence-electron chi connectivity index (χ1n) is 8.51. The molecule has 2 amide bonds. The molecule has 1 atom stereocenters. The standard InChI is InChI=1S/C20H25FN2O2S/c1-20(2,3)26(25)14-16-5-4-6-18(13-16)23-19(24)22-12-11-15-7-9-17(21)10-8-15/h4-10,13H,11-12,14H2,1-3H3,(H2,22,23,24). The number of carbonyl (C=O) groups excluding carboxylic acids is 1. The van der Waals surface area contributed by atoms with Crippen molar-refractivity contribution in [3.05, 3.63) is 65.5 Å². The molecule has 140 valence electrons. The van der Waals surface area contributed by atoms with E-state index in [2.05, 4.69) is 10.6 Å². The number of anilines is 1. The Morgan fingerprint density at radius 1 is 1.08 bits per heavy atom. The largest absolute Gasteiger partial charge is 0.338 e. The number of halogens is 1. The summed E-state index contributed by atoms with van der Waals surface area (Å²) in [6.45, 7) is 6.28. The summed E-state index contributed by atoms with van der Waals surface area (Å²) in [5.41, 5.74) is 2.54. The lowest BCUT2D eigenvalue weighted by Gasteiger charge is -2.18. The Morgan fingerprint density at radius 3 is 2.42 bits per heavy atom. The molecule has 1 unspecified atom stereocenters. The van der Waals surface area contributed by atoms with E-state index in [9.17, 15) is 13.4 Å². The number of rotatable bonds is 6. The first-order valence-corrected chi connectivity index (χ1v) is 9.82. The molecular formula is C20H25FN2O2S. The highest BCUT2D eigenvalue weighted by Crippen LogP contribution is 2.18. The molecule has 0 aromatic heterocycles. The molecule has 6 heteroatoms. The van der Waals surface area contributed by atoms with Crippen LogP contribution in [0.25, 0.3) is 0 Å². The zero-order valence-corrected chi connectivity index (χ0v) is 16.2. The average molecular weight is 376 g/mol. The Hall–Kier alpha value is -2.21. The van der Waals surface area contributed by atoms with Gasteiger partial charge in [0.05, 0.1) is 0 Å². The third-order valence-corrected chi connectivity index (χ3v) is 5.74. The quantitative estimate of drug-likeness (QED) is 0.792. The highest BCUT2D eigenvalue weighted by molar-refractivity contribution is 7.85. The summed E-state index contributed by atoms with van der Waals surface area (Å²) in [5, 5.41) is 5.56. The molecule has 4 nitrogen and oxygen atoms in total. The normalized spacial score (nSPS) is 12.5. The Bertz CT molecular complexity index is 770. The number of carbonyl (C=O) groups is 1. The molecule has 2 aromatic carbocycles. The fourth-order valence-corrected chi connectivity index (χ4v) is 3.17. The summed E-state index contributed by atoms with van der Waals surface area (Å²) in [6, 6.07) is 13.3. The first kappa shape index (κ1) is 20.1. The van der Waals surface area contributed by atoms with E-state index in [0.29, 0.717) is 24.4 Å². The van der Waals surface area contributed by atoms with Crippen molar-refractivity contribution >= 4 is 22.5 Å². The average Bonchev–Trinajstić information content (AvgIpc) is 2.56. The summed E-state index contributed by atoms with van der Waals surface area (Å²) in [5.74, 6) is 0.178. The summed E-state index contributed by atoms with van der Waals surface area (Å²) >= 11 is 0. The molecule has 0 heterocycles. The Labute approximate surface area is 156 Å². The fourth-order valence-electron chi connectivity index (χ4n) is 2.25. The van der Waals surface area contributed by atoms with Crippen LogP contribution in [-0.2, 0) is 23.0 Å². The summed E-state index contributed by atoms with van der Waals surface area (Å²) in [6.07, 6.45) is 0.623. The lowest BCUT2D eigenvalue weighted by Crippen LogP contribution is -2.30. The third kappa shape index (κ3) is 6.59. The van der Waals surface area contributed by atoms with Crippen LogP contribution in [0.2, 0.25) is 0 Å². The van der Waals surface area contributed by atoms with Crippen LogP contribution in [0.5, 0.6) is 0 Å². The van der Waals surface area contributed by atoms with Crippen molar-refractivity contribution in [2.75, 3.05) is 11.9 Å². The van der Waals surface area contributed by atoms with E-state index in [1.54, 1.807) is 18.2 Å². The fraction of sp³-hybridized carbons (Fsp3) is 0.350. The van der Waals surface area contributed by atoms with Gasteiger partial charge in [0.2, 0.25) is 0 Å². The van der Waals surface area contributed by atoms with Gasteiger partial charge in [-0.3, -0.25) is 4.21 Å². The lowest BCUT2D eigenvalue weighted by molar-refractivity contribution is 0.252. The van der Waals surface area contributed by atoms with Gasteiger partial charge in [-0.2, -0.15) is 0 Å². The molecule has 0 saturated carbocycles. The van der Waals surface area contributed by atoms with Crippen LogP contribution in [0.3, 0.4) is 0 Å². The molecule has 0 fully saturated rings. The van der Waals surface area contributed by atoms with Gasteiger partial charge in [-0.1, -0.05) is 24.3 Å². The van der Waals surface area contributed by atoms with Crippen molar-refractivity contribution in [1.82, 2.24) is 5.32 Å². The molecule has 0 aliphatic carbocycles. The van der Waals surface area contributed by atoms with Crippen LogP contribution in [0.15, 0.2) is 48.5 Å². The molecule has 2 rings (SSSR count). The highest BCUT2D eigenvalue weighted by atomic mass is 32.2.